The van der Waals surface area contributed by atoms with Crippen molar-refractivity contribution >= 4 is 17.3 Å². The molecule has 0 saturated carbocycles. The van der Waals surface area contributed by atoms with Gasteiger partial charge in [0.1, 0.15) is 5.75 Å². The maximum absolute atomic E-state index is 9.69. The van der Waals surface area contributed by atoms with E-state index in [1.807, 2.05) is 36.5 Å². The van der Waals surface area contributed by atoms with Crippen molar-refractivity contribution in [3.8, 4) is 11.4 Å². The van der Waals surface area contributed by atoms with E-state index >= 15 is 0 Å². The third kappa shape index (κ3) is 4.17. The Morgan fingerprint density at radius 3 is 2.60 bits per heavy atom. The van der Waals surface area contributed by atoms with Crippen LogP contribution < -0.4 is 5.32 Å². The van der Waals surface area contributed by atoms with E-state index in [1.54, 1.807) is 12.1 Å². The highest BCUT2D eigenvalue weighted by molar-refractivity contribution is 7.80. The Morgan fingerprint density at radius 2 is 1.90 bits per heavy atom. The van der Waals surface area contributed by atoms with E-state index < -0.39 is 0 Å². The first-order chi connectivity index (χ1) is 14.5. The molecule has 0 radical (unpaired) electrons. The van der Waals surface area contributed by atoms with E-state index in [2.05, 4.69) is 57.1 Å². The van der Waals surface area contributed by atoms with Crippen LogP contribution >= 0.6 is 12.2 Å². The fourth-order valence-corrected chi connectivity index (χ4v) is 4.34. The van der Waals surface area contributed by atoms with Gasteiger partial charge in [0.15, 0.2) is 5.11 Å². The first kappa shape index (κ1) is 20.4. The highest BCUT2D eigenvalue weighted by Crippen LogP contribution is 2.39. The van der Waals surface area contributed by atoms with Gasteiger partial charge in [-0.25, -0.2) is 0 Å². The Morgan fingerprint density at radius 1 is 1.10 bits per heavy atom. The zero-order chi connectivity index (χ0) is 21.1. The second kappa shape index (κ2) is 8.85. The van der Waals surface area contributed by atoms with E-state index in [0.717, 1.165) is 41.7 Å². The van der Waals surface area contributed by atoms with Gasteiger partial charge in [0, 0.05) is 30.3 Å². The second-order valence-electron chi connectivity index (χ2n) is 7.80. The number of rotatable bonds is 7. The molecular formula is C23H27N5OS. The van der Waals surface area contributed by atoms with Crippen LogP contribution in [0.25, 0.3) is 5.69 Å². The summed E-state index contributed by atoms with van der Waals surface area (Å²) in [6.07, 6.45) is 4.89. The molecule has 0 bridgehead atoms. The molecule has 6 nitrogen and oxygen atoms in total. The molecule has 2 aromatic heterocycles. The number of aromatic hydroxyl groups is 1. The molecule has 2 atom stereocenters. The molecule has 1 saturated heterocycles. The number of hydrogen-bond donors (Lipinski definition) is 2. The Labute approximate surface area is 182 Å². The van der Waals surface area contributed by atoms with Crippen molar-refractivity contribution < 1.29 is 5.11 Å². The van der Waals surface area contributed by atoms with Gasteiger partial charge in [0.2, 0.25) is 0 Å². The maximum Gasteiger partial charge on any atom is 0.170 e. The molecule has 7 heteroatoms. The lowest BCUT2D eigenvalue weighted by atomic mass is 10.0. The van der Waals surface area contributed by atoms with Gasteiger partial charge in [-0.3, -0.25) is 4.98 Å². The summed E-state index contributed by atoms with van der Waals surface area (Å²) in [7, 11) is 4.18. The van der Waals surface area contributed by atoms with E-state index in [4.69, 9.17) is 12.2 Å². The summed E-state index contributed by atoms with van der Waals surface area (Å²) in [6.45, 7) is 1.86. The third-order valence-corrected chi connectivity index (χ3v) is 5.77. The fraction of sp³-hybridized carbons (Fsp3) is 0.304. The topological polar surface area (TPSA) is 56.6 Å². The molecule has 2 N–H and O–H groups in total. The standard InChI is InChI=1S/C23H27N5OS/c1-26(2)14-6-16-28-22(21(25-23(28)30)19-7-3-4-13-24-19)20-8-5-15-27(20)17-9-11-18(29)12-10-17/h3-5,7-13,15,21-22,29H,6,14,16H2,1-2H3,(H,25,30)/t21-,22+/m1/s1. The van der Waals surface area contributed by atoms with Crippen molar-refractivity contribution in [3.05, 3.63) is 78.4 Å². The van der Waals surface area contributed by atoms with Crippen molar-refractivity contribution in [3.63, 3.8) is 0 Å². The van der Waals surface area contributed by atoms with Crippen molar-refractivity contribution in [2.24, 2.45) is 0 Å². The largest absolute Gasteiger partial charge is 0.508 e. The summed E-state index contributed by atoms with van der Waals surface area (Å²) < 4.78 is 2.16. The van der Waals surface area contributed by atoms with Crippen LogP contribution in [0.3, 0.4) is 0 Å². The van der Waals surface area contributed by atoms with E-state index in [1.165, 1.54) is 0 Å². The minimum Gasteiger partial charge on any atom is -0.508 e. The molecule has 4 rings (SSSR count). The first-order valence-corrected chi connectivity index (χ1v) is 10.5. The number of phenols is 1. The van der Waals surface area contributed by atoms with Gasteiger partial charge < -0.3 is 24.8 Å². The minimum atomic E-state index is -0.0381. The Hall–Kier alpha value is -2.90. The normalized spacial score (nSPS) is 18.8. The molecule has 1 fully saturated rings. The number of benzene rings is 1. The summed E-state index contributed by atoms with van der Waals surface area (Å²) >= 11 is 5.76. The number of pyridine rings is 1. The molecule has 0 spiro atoms. The van der Waals surface area contributed by atoms with E-state index in [9.17, 15) is 5.11 Å². The van der Waals surface area contributed by atoms with Gasteiger partial charge in [0.05, 0.1) is 17.8 Å². The second-order valence-corrected chi connectivity index (χ2v) is 8.18. The monoisotopic (exact) mass is 421 g/mol. The predicted molar refractivity (Wildman–Crippen MR) is 123 cm³/mol. The fourth-order valence-electron chi connectivity index (χ4n) is 4.01. The van der Waals surface area contributed by atoms with Gasteiger partial charge in [-0.05, 0) is 87.8 Å². The first-order valence-electron chi connectivity index (χ1n) is 10.1. The third-order valence-electron chi connectivity index (χ3n) is 5.41. The molecule has 1 aliphatic rings. The lowest BCUT2D eigenvalue weighted by Gasteiger charge is -2.29. The average Bonchev–Trinajstić information content (AvgIpc) is 3.34. The Kier molecular flexibility index (Phi) is 6.01. The average molecular weight is 422 g/mol. The quantitative estimate of drug-likeness (QED) is 0.570. The van der Waals surface area contributed by atoms with E-state index in [0.29, 0.717) is 0 Å². The molecule has 1 aromatic carbocycles. The molecule has 0 aliphatic carbocycles. The summed E-state index contributed by atoms with van der Waals surface area (Å²) in [5, 5.41) is 14.0. The van der Waals surface area contributed by atoms with Crippen LogP contribution in [0.5, 0.6) is 5.75 Å². The van der Waals surface area contributed by atoms with Gasteiger partial charge in [-0.1, -0.05) is 6.07 Å². The smallest absolute Gasteiger partial charge is 0.170 e. The lowest BCUT2D eigenvalue weighted by Crippen LogP contribution is -2.32. The SMILES string of the molecule is CN(C)CCCN1C(=S)N[C@H](c2ccccn2)[C@@H]1c1cccn1-c1ccc(O)cc1. The van der Waals surface area contributed by atoms with Gasteiger partial charge >= 0.3 is 0 Å². The molecule has 3 aromatic rings. The van der Waals surface area contributed by atoms with Gasteiger partial charge in [-0.15, -0.1) is 0 Å². The number of phenolic OH excluding ortho intramolecular Hbond substituents is 1. The molecule has 1 aliphatic heterocycles. The van der Waals surface area contributed by atoms with Crippen molar-refractivity contribution in [1.29, 1.82) is 0 Å². The number of thiocarbonyl (C=S) groups is 1. The molecule has 3 heterocycles. The Bertz CT molecular complexity index is 986. The summed E-state index contributed by atoms with van der Waals surface area (Å²) in [4.78, 5) is 9.09. The highest BCUT2D eigenvalue weighted by atomic mass is 32.1. The summed E-state index contributed by atoms with van der Waals surface area (Å²) in [5.41, 5.74) is 3.10. The minimum absolute atomic E-state index is 0.0124. The van der Waals surface area contributed by atoms with Crippen LogP contribution in [-0.2, 0) is 0 Å². The molecule has 0 unspecified atom stereocenters. The van der Waals surface area contributed by atoms with Crippen LogP contribution in [0.1, 0.15) is 29.9 Å². The zero-order valence-electron chi connectivity index (χ0n) is 17.3. The number of hydrogen-bond acceptors (Lipinski definition) is 4. The molecular weight excluding hydrogens is 394 g/mol. The number of nitrogens with zero attached hydrogens (tertiary/aromatic N) is 4. The van der Waals surface area contributed by atoms with Crippen LogP contribution in [0.4, 0.5) is 0 Å². The van der Waals surface area contributed by atoms with Crippen molar-refractivity contribution in [2.75, 3.05) is 27.2 Å². The number of nitrogens with one attached hydrogen (secondary N) is 1. The van der Waals surface area contributed by atoms with Gasteiger partial charge in [-0.2, -0.15) is 0 Å². The van der Waals surface area contributed by atoms with E-state index in [-0.39, 0.29) is 17.8 Å². The lowest BCUT2D eigenvalue weighted by molar-refractivity contribution is 0.286. The molecule has 0 amide bonds. The summed E-state index contributed by atoms with van der Waals surface area (Å²) in [6, 6.07) is 17.4. The predicted octanol–water partition coefficient (Wildman–Crippen LogP) is 3.50. The van der Waals surface area contributed by atoms with Crippen LogP contribution in [0.2, 0.25) is 0 Å². The van der Waals surface area contributed by atoms with Gasteiger partial charge in [0.25, 0.3) is 0 Å². The highest BCUT2D eigenvalue weighted by Gasteiger charge is 2.40. The van der Waals surface area contributed by atoms with Crippen LogP contribution in [0, 0.1) is 0 Å². The maximum atomic E-state index is 9.69. The number of aromatic nitrogens is 2. The van der Waals surface area contributed by atoms with Crippen LogP contribution in [-0.4, -0.2) is 56.8 Å². The zero-order valence-corrected chi connectivity index (χ0v) is 18.1. The van der Waals surface area contributed by atoms with Crippen molar-refractivity contribution in [1.82, 2.24) is 24.7 Å². The Balaban J connectivity index is 1.73. The summed E-state index contributed by atoms with van der Waals surface area (Å²) in [5.74, 6) is 0.257. The molecule has 30 heavy (non-hydrogen) atoms. The molecule has 156 valence electrons. The van der Waals surface area contributed by atoms with Crippen LogP contribution in [0.15, 0.2) is 67.0 Å². The van der Waals surface area contributed by atoms with Crippen molar-refractivity contribution in [2.45, 2.75) is 18.5 Å².